The molecule has 110 valence electrons. The van der Waals surface area contributed by atoms with Crippen LogP contribution in [0.1, 0.15) is 38.5 Å². The van der Waals surface area contributed by atoms with Crippen LogP contribution in [0.3, 0.4) is 0 Å². The van der Waals surface area contributed by atoms with E-state index in [9.17, 15) is 8.42 Å². The first kappa shape index (κ1) is 13.7. The minimum Gasteiger partial charge on any atom is -0.486 e. The van der Waals surface area contributed by atoms with Crippen LogP contribution in [-0.4, -0.2) is 26.8 Å². The molecule has 1 fully saturated rings. The Morgan fingerprint density at radius 1 is 1.15 bits per heavy atom. The summed E-state index contributed by atoms with van der Waals surface area (Å²) in [4.78, 5) is 0.344. The fourth-order valence-electron chi connectivity index (χ4n) is 3.07. The Morgan fingerprint density at radius 3 is 2.65 bits per heavy atom. The van der Waals surface area contributed by atoms with E-state index in [0.717, 1.165) is 24.3 Å². The van der Waals surface area contributed by atoms with Crippen LogP contribution < -0.4 is 10.1 Å². The summed E-state index contributed by atoms with van der Waals surface area (Å²) in [7, 11) is -3.17. The van der Waals surface area contributed by atoms with Crippen LogP contribution in [0.2, 0.25) is 0 Å². The van der Waals surface area contributed by atoms with E-state index < -0.39 is 9.84 Å². The number of ether oxygens (including phenoxy) is 1. The molecule has 0 aromatic heterocycles. The number of sulfone groups is 1. The van der Waals surface area contributed by atoms with Crippen molar-refractivity contribution in [3.05, 3.63) is 18.2 Å². The average molecular weight is 295 g/mol. The second kappa shape index (κ2) is 5.28. The molecule has 3 rings (SSSR count). The number of rotatable bonds is 1. The molecule has 2 aliphatic rings. The lowest BCUT2D eigenvalue weighted by molar-refractivity contribution is 0.143. The number of hydrogen-bond donors (Lipinski definition) is 1. The Hall–Kier alpha value is -1.23. The quantitative estimate of drug-likeness (QED) is 0.865. The molecule has 0 saturated heterocycles. The van der Waals surface area contributed by atoms with Gasteiger partial charge in [0, 0.05) is 6.26 Å². The third-order valence-electron chi connectivity index (χ3n) is 4.20. The van der Waals surface area contributed by atoms with Crippen molar-refractivity contribution < 1.29 is 13.2 Å². The fourth-order valence-corrected chi connectivity index (χ4v) is 3.72. The van der Waals surface area contributed by atoms with Crippen molar-refractivity contribution in [1.82, 2.24) is 0 Å². The van der Waals surface area contributed by atoms with E-state index in [1.54, 1.807) is 18.2 Å². The molecular weight excluding hydrogens is 274 g/mol. The summed E-state index contributed by atoms with van der Waals surface area (Å²) < 4.78 is 29.3. The van der Waals surface area contributed by atoms with Gasteiger partial charge in [0.15, 0.2) is 9.84 Å². The molecule has 20 heavy (non-hydrogen) atoms. The minimum atomic E-state index is -3.17. The summed E-state index contributed by atoms with van der Waals surface area (Å²) in [5, 5.41) is 3.49. The maximum Gasteiger partial charge on any atom is 0.175 e. The number of hydrogen-bond acceptors (Lipinski definition) is 4. The van der Waals surface area contributed by atoms with Crippen LogP contribution in [-0.2, 0) is 9.84 Å². The smallest absolute Gasteiger partial charge is 0.175 e. The predicted molar refractivity (Wildman–Crippen MR) is 79.1 cm³/mol. The van der Waals surface area contributed by atoms with Gasteiger partial charge in [-0.15, -0.1) is 0 Å². The zero-order chi connectivity index (χ0) is 14.2. The van der Waals surface area contributed by atoms with Crippen LogP contribution in [0.5, 0.6) is 5.75 Å². The Kier molecular flexibility index (Phi) is 3.63. The molecule has 5 heteroatoms. The molecule has 0 radical (unpaired) electrons. The van der Waals surface area contributed by atoms with E-state index in [0.29, 0.717) is 10.9 Å². The Morgan fingerprint density at radius 2 is 1.90 bits per heavy atom. The molecule has 1 aliphatic heterocycles. The number of nitrogens with one attached hydrogen (secondary N) is 1. The van der Waals surface area contributed by atoms with Gasteiger partial charge in [-0.2, -0.15) is 0 Å². The predicted octanol–water partition coefficient (Wildman–Crippen LogP) is 2.99. The molecule has 0 bridgehead atoms. The first-order valence-electron chi connectivity index (χ1n) is 7.31. The van der Waals surface area contributed by atoms with Crippen molar-refractivity contribution in [1.29, 1.82) is 0 Å². The van der Waals surface area contributed by atoms with Gasteiger partial charge in [0.2, 0.25) is 0 Å². The van der Waals surface area contributed by atoms with Gasteiger partial charge < -0.3 is 10.1 Å². The summed E-state index contributed by atoms with van der Waals surface area (Å²) in [6.07, 6.45) is 8.59. The normalized spacial score (nSPS) is 26.2. The monoisotopic (exact) mass is 295 g/mol. The lowest BCUT2D eigenvalue weighted by atomic mass is 9.93. The minimum absolute atomic E-state index is 0.215. The molecule has 1 N–H and O–H groups in total. The van der Waals surface area contributed by atoms with Gasteiger partial charge in [-0.05, 0) is 37.5 Å². The van der Waals surface area contributed by atoms with E-state index in [4.69, 9.17) is 4.74 Å². The SMILES string of the molecule is CS(=O)(=O)c1ccc2c(c1)NC1CCCCCCC1O2. The van der Waals surface area contributed by atoms with Crippen LogP contribution in [0.4, 0.5) is 5.69 Å². The van der Waals surface area contributed by atoms with Crippen molar-refractivity contribution in [2.24, 2.45) is 0 Å². The summed E-state index contributed by atoms with van der Waals surface area (Å²) in [6.45, 7) is 0. The molecule has 1 aromatic rings. The van der Waals surface area contributed by atoms with Gasteiger partial charge in [0.05, 0.1) is 16.6 Å². The van der Waals surface area contributed by atoms with E-state index in [1.807, 2.05) is 0 Å². The second-order valence-corrected chi connectivity index (χ2v) is 7.84. The fraction of sp³-hybridized carbons (Fsp3) is 0.600. The maximum absolute atomic E-state index is 11.6. The van der Waals surface area contributed by atoms with E-state index in [1.165, 1.54) is 31.9 Å². The molecule has 0 amide bonds. The topological polar surface area (TPSA) is 55.4 Å². The van der Waals surface area contributed by atoms with Gasteiger partial charge >= 0.3 is 0 Å². The van der Waals surface area contributed by atoms with Gasteiger partial charge in [0.1, 0.15) is 11.9 Å². The van der Waals surface area contributed by atoms with E-state index in [2.05, 4.69) is 5.32 Å². The highest BCUT2D eigenvalue weighted by Crippen LogP contribution is 2.36. The van der Waals surface area contributed by atoms with E-state index >= 15 is 0 Å². The molecule has 4 nitrogen and oxygen atoms in total. The standard InChI is InChI=1S/C15H21NO3S/c1-20(17,18)11-8-9-15-13(10-11)16-12-6-4-2-3-5-7-14(12)19-15/h8-10,12,14,16H,2-7H2,1H3. The zero-order valence-electron chi connectivity index (χ0n) is 11.8. The van der Waals surface area contributed by atoms with Crippen molar-refractivity contribution >= 4 is 15.5 Å². The highest BCUT2D eigenvalue weighted by Gasteiger charge is 2.30. The molecular formula is C15H21NO3S. The van der Waals surface area contributed by atoms with Crippen molar-refractivity contribution in [2.45, 2.75) is 55.6 Å². The lowest BCUT2D eigenvalue weighted by Crippen LogP contribution is -2.42. The van der Waals surface area contributed by atoms with E-state index in [-0.39, 0.29) is 6.10 Å². The first-order chi connectivity index (χ1) is 9.54. The Bertz CT molecular complexity index is 597. The third kappa shape index (κ3) is 2.77. The van der Waals surface area contributed by atoms with Crippen LogP contribution >= 0.6 is 0 Å². The van der Waals surface area contributed by atoms with Crippen molar-refractivity contribution in [3.8, 4) is 5.75 Å². The molecule has 2 atom stereocenters. The lowest BCUT2D eigenvalue weighted by Gasteiger charge is -2.36. The summed E-state index contributed by atoms with van der Waals surface area (Å²) >= 11 is 0. The number of anilines is 1. The summed E-state index contributed by atoms with van der Waals surface area (Å²) in [5.74, 6) is 0.777. The average Bonchev–Trinajstić information content (AvgIpc) is 2.37. The van der Waals surface area contributed by atoms with Gasteiger partial charge in [-0.1, -0.05) is 19.3 Å². The largest absolute Gasteiger partial charge is 0.486 e. The van der Waals surface area contributed by atoms with Crippen molar-refractivity contribution in [3.63, 3.8) is 0 Å². The number of benzene rings is 1. The third-order valence-corrected chi connectivity index (χ3v) is 5.31. The Balaban J connectivity index is 1.89. The molecule has 2 unspecified atom stereocenters. The van der Waals surface area contributed by atoms with Crippen molar-refractivity contribution in [2.75, 3.05) is 11.6 Å². The molecule has 1 heterocycles. The highest BCUT2D eigenvalue weighted by atomic mass is 32.2. The second-order valence-electron chi connectivity index (χ2n) is 5.83. The van der Waals surface area contributed by atoms with Crippen LogP contribution in [0.15, 0.2) is 23.1 Å². The zero-order valence-corrected chi connectivity index (χ0v) is 12.6. The molecule has 1 saturated carbocycles. The van der Waals surface area contributed by atoms with Gasteiger partial charge in [-0.25, -0.2) is 8.42 Å². The summed E-state index contributed by atoms with van der Waals surface area (Å²) in [5.41, 5.74) is 0.815. The van der Waals surface area contributed by atoms with Crippen LogP contribution in [0, 0.1) is 0 Å². The van der Waals surface area contributed by atoms with Crippen LogP contribution in [0.25, 0.3) is 0 Å². The molecule has 1 aliphatic carbocycles. The first-order valence-corrected chi connectivity index (χ1v) is 9.20. The summed E-state index contributed by atoms with van der Waals surface area (Å²) in [6, 6.07) is 5.39. The van der Waals surface area contributed by atoms with Gasteiger partial charge in [0.25, 0.3) is 0 Å². The molecule has 1 aromatic carbocycles. The highest BCUT2D eigenvalue weighted by molar-refractivity contribution is 7.90. The molecule has 0 spiro atoms. The maximum atomic E-state index is 11.6. The van der Waals surface area contributed by atoms with Gasteiger partial charge in [-0.3, -0.25) is 0 Å². The number of fused-ring (bicyclic) bond motifs is 2. The Labute approximate surface area is 120 Å².